The van der Waals surface area contributed by atoms with Crippen LogP contribution >= 0.6 is 0 Å². The molecule has 0 aromatic rings. The predicted molar refractivity (Wildman–Crippen MR) is 79.1 cm³/mol. The molecule has 0 aliphatic carbocycles. The number of nitrogens with zero attached hydrogens (tertiary/aromatic N) is 1. The van der Waals surface area contributed by atoms with Crippen LogP contribution in [0.15, 0.2) is 0 Å². The molecule has 1 unspecified atom stereocenters. The topological polar surface area (TPSA) is 15.8 Å². The van der Waals surface area contributed by atoms with Gasteiger partial charge in [-0.3, -0.25) is 0 Å². The highest BCUT2D eigenvalue weighted by Crippen LogP contribution is 2.18. The monoisotopic (exact) mass is 255 g/mol. The maximum absolute atomic E-state index is 5.21. The van der Waals surface area contributed by atoms with Crippen molar-refractivity contribution in [3.63, 3.8) is 0 Å². The highest BCUT2D eigenvalue weighted by atomic mass is 16.6. The molecule has 2 nitrogen and oxygen atoms in total. The van der Waals surface area contributed by atoms with Gasteiger partial charge in [-0.25, -0.2) is 0 Å². The van der Waals surface area contributed by atoms with Gasteiger partial charge in [0, 0.05) is 0 Å². The molecule has 0 aromatic carbocycles. The first-order chi connectivity index (χ1) is 8.86. The average molecular weight is 255 g/mol. The molecule has 1 aliphatic rings. The fraction of sp³-hybridized carbons (Fsp3) is 1.00. The summed E-state index contributed by atoms with van der Waals surface area (Å²) in [5.74, 6) is 0. The number of hydrogen-bond acceptors (Lipinski definition) is 2. The molecule has 0 spiro atoms. The SMILES string of the molecule is CCN(CC)CCCCCCCCCCC1CO1. The van der Waals surface area contributed by atoms with Crippen LogP contribution in [-0.4, -0.2) is 37.2 Å². The Bertz CT molecular complexity index is 176. The molecule has 1 saturated heterocycles. The van der Waals surface area contributed by atoms with E-state index in [1.807, 2.05) is 0 Å². The third kappa shape index (κ3) is 8.93. The lowest BCUT2D eigenvalue weighted by molar-refractivity contribution is 0.295. The van der Waals surface area contributed by atoms with Gasteiger partial charge in [0.15, 0.2) is 0 Å². The van der Waals surface area contributed by atoms with Crippen LogP contribution in [0.2, 0.25) is 0 Å². The number of epoxide rings is 1. The van der Waals surface area contributed by atoms with Crippen LogP contribution in [0.3, 0.4) is 0 Å². The minimum absolute atomic E-state index is 0.644. The summed E-state index contributed by atoms with van der Waals surface area (Å²) in [5.41, 5.74) is 0. The predicted octanol–water partition coefficient (Wildman–Crippen LogP) is 4.24. The van der Waals surface area contributed by atoms with Crippen molar-refractivity contribution in [2.24, 2.45) is 0 Å². The Labute approximate surface area is 114 Å². The molecular formula is C16H33NO. The van der Waals surface area contributed by atoms with Gasteiger partial charge in [0.2, 0.25) is 0 Å². The van der Waals surface area contributed by atoms with E-state index < -0.39 is 0 Å². The second kappa shape index (κ2) is 10.8. The van der Waals surface area contributed by atoms with E-state index in [1.54, 1.807) is 0 Å². The van der Waals surface area contributed by atoms with Crippen molar-refractivity contribution in [1.29, 1.82) is 0 Å². The van der Waals surface area contributed by atoms with E-state index in [2.05, 4.69) is 18.7 Å². The molecule has 0 N–H and O–H groups in total. The van der Waals surface area contributed by atoms with Crippen LogP contribution < -0.4 is 0 Å². The smallest absolute Gasteiger partial charge is 0.0810 e. The Hall–Kier alpha value is -0.0800. The second-order valence-electron chi connectivity index (χ2n) is 5.60. The summed E-state index contributed by atoms with van der Waals surface area (Å²) < 4.78 is 5.21. The summed E-state index contributed by atoms with van der Waals surface area (Å²) in [6.07, 6.45) is 13.3. The minimum Gasteiger partial charge on any atom is -0.373 e. The molecule has 0 radical (unpaired) electrons. The number of rotatable bonds is 13. The van der Waals surface area contributed by atoms with E-state index in [4.69, 9.17) is 4.74 Å². The van der Waals surface area contributed by atoms with Crippen molar-refractivity contribution in [3.8, 4) is 0 Å². The Morgan fingerprint density at radius 1 is 0.833 bits per heavy atom. The van der Waals surface area contributed by atoms with Crippen LogP contribution in [0.1, 0.15) is 71.6 Å². The van der Waals surface area contributed by atoms with Gasteiger partial charge in [-0.1, -0.05) is 58.8 Å². The average Bonchev–Trinajstić information content (AvgIpc) is 3.20. The van der Waals surface area contributed by atoms with Crippen molar-refractivity contribution >= 4 is 0 Å². The Balaban J connectivity index is 1.69. The minimum atomic E-state index is 0.644. The summed E-state index contributed by atoms with van der Waals surface area (Å²) in [6.45, 7) is 9.27. The molecule has 18 heavy (non-hydrogen) atoms. The van der Waals surface area contributed by atoms with Crippen LogP contribution in [-0.2, 0) is 4.74 Å². The van der Waals surface area contributed by atoms with E-state index in [-0.39, 0.29) is 0 Å². The Morgan fingerprint density at radius 2 is 1.33 bits per heavy atom. The largest absolute Gasteiger partial charge is 0.373 e. The summed E-state index contributed by atoms with van der Waals surface area (Å²) in [4.78, 5) is 2.53. The molecule has 1 rings (SSSR count). The van der Waals surface area contributed by atoms with Gasteiger partial charge in [0.1, 0.15) is 0 Å². The van der Waals surface area contributed by atoms with Crippen LogP contribution in [0, 0.1) is 0 Å². The highest BCUT2D eigenvalue weighted by molar-refractivity contribution is 4.68. The first kappa shape index (κ1) is 16.0. The normalized spacial score (nSPS) is 18.5. The summed E-state index contributed by atoms with van der Waals surface area (Å²) in [7, 11) is 0. The zero-order chi connectivity index (χ0) is 13.1. The van der Waals surface area contributed by atoms with Crippen molar-refractivity contribution in [2.45, 2.75) is 77.7 Å². The molecule has 1 atom stereocenters. The number of hydrogen-bond donors (Lipinski definition) is 0. The van der Waals surface area contributed by atoms with Crippen LogP contribution in [0.25, 0.3) is 0 Å². The molecule has 0 amide bonds. The summed E-state index contributed by atoms with van der Waals surface area (Å²) in [6, 6.07) is 0. The van der Waals surface area contributed by atoms with Crippen molar-refractivity contribution in [1.82, 2.24) is 4.90 Å². The highest BCUT2D eigenvalue weighted by Gasteiger charge is 2.20. The maximum Gasteiger partial charge on any atom is 0.0810 e. The fourth-order valence-electron chi connectivity index (χ4n) is 2.54. The van der Waals surface area contributed by atoms with Gasteiger partial charge >= 0.3 is 0 Å². The van der Waals surface area contributed by atoms with Crippen molar-refractivity contribution in [3.05, 3.63) is 0 Å². The molecule has 2 heteroatoms. The van der Waals surface area contributed by atoms with Gasteiger partial charge in [-0.2, -0.15) is 0 Å². The first-order valence-electron chi connectivity index (χ1n) is 8.20. The van der Waals surface area contributed by atoms with Crippen molar-refractivity contribution in [2.75, 3.05) is 26.2 Å². The molecule has 1 aliphatic heterocycles. The van der Waals surface area contributed by atoms with Crippen LogP contribution in [0.5, 0.6) is 0 Å². The van der Waals surface area contributed by atoms with E-state index in [0.717, 1.165) is 6.61 Å². The summed E-state index contributed by atoms with van der Waals surface area (Å²) in [5, 5.41) is 0. The lowest BCUT2D eigenvalue weighted by Crippen LogP contribution is -2.23. The second-order valence-corrected chi connectivity index (χ2v) is 5.60. The van der Waals surface area contributed by atoms with Gasteiger partial charge in [0.25, 0.3) is 0 Å². The van der Waals surface area contributed by atoms with Crippen molar-refractivity contribution < 1.29 is 4.74 Å². The summed E-state index contributed by atoms with van der Waals surface area (Å²) >= 11 is 0. The van der Waals surface area contributed by atoms with Gasteiger partial charge < -0.3 is 9.64 Å². The molecular weight excluding hydrogens is 222 g/mol. The standard InChI is InChI=1S/C16H33NO/c1-3-17(4-2)14-12-10-8-6-5-7-9-11-13-16-15-18-16/h16H,3-15H2,1-2H3. The van der Waals surface area contributed by atoms with E-state index in [9.17, 15) is 0 Å². The molecule has 1 heterocycles. The lowest BCUT2D eigenvalue weighted by Gasteiger charge is -2.17. The van der Waals surface area contributed by atoms with Gasteiger partial charge in [-0.05, 0) is 32.5 Å². The third-order valence-electron chi connectivity index (χ3n) is 4.05. The lowest BCUT2D eigenvalue weighted by atomic mass is 10.1. The third-order valence-corrected chi connectivity index (χ3v) is 4.05. The fourth-order valence-corrected chi connectivity index (χ4v) is 2.54. The maximum atomic E-state index is 5.21. The molecule has 0 bridgehead atoms. The Morgan fingerprint density at radius 3 is 1.83 bits per heavy atom. The van der Waals surface area contributed by atoms with Crippen LogP contribution in [0.4, 0.5) is 0 Å². The van der Waals surface area contributed by atoms with E-state index >= 15 is 0 Å². The molecule has 0 aromatic heterocycles. The number of unbranched alkanes of at least 4 members (excludes halogenated alkanes) is 7. The zero-order valence-electron chi connectivity index (χ0n) is 12.6. The quantitative estimate of drug-likeness (QED) is 0.361. The zero-order valence-corrected chi connectivity index (χ0v) is 12.6. The molecule has 0 saturated carbocycles. The number of ether oxygens (including phenoxy) is 1. The van der Waals surface area contributed by atoms with E-state index in [1.165, 1.54) is 77.4 Å². The Kier molecular flexibility index (Phi) is 9.59. The molecule has 108 valence electrons. The van der Waals surface area contributed by atoms with Gasteiger partial charge in [0.05, 0.1) is 12.7 Å². The van der Waals surface area contributed by atoms with Gasteiger partial charge in [-0.15, -0.1) is 0 Å². The molecule has 1 fully saturated rings. The van der Waals surface area contributed by atoms with E-state index in [0.29, 0.717) is 6.10 Å². The first-order valence-corrected chi connectivity index (χ1v) is 8.20.